The average molecular weight is 291 g/mol. The summed E-state index contributed by atoms with van der Waals surface area (Å²) in [7, 11) is 0. The van der Waals surface area contributed by atoms with Crippen LogP contribution in [0.4, 0.5) is 4.79 Å². The Morgan fingerprint density at radius 1 is 1.24 bits per heavy atom. The van der Waals surface area contributed by atoms with E-state index in [9.17, 15) is 14.4 Å². The van der Waals surface area contributed by atoms with Gasteiger partial charge in [-0.15, -0.1) is 0 Å². The van der Waals surface area contributed by atoms with E-state index in [0.717, 1.165) is 10.5 Å². The predicted molar refractivity (Wildman–Crippen MR) is 75.4 cm³/mol. The summed E-state index contributed by atoms with van der Waals surface area (Å²) in [4.78, 5) is 35.4. The van der Waals surface area contributed by atoms with E-state index in [-0.39, 0.29) is 24.9 Å². The van der Waals surface area contributed by atoms with Crippen molar-refractivity contribution in [3.63, 3.8) is 0 Å². The van der Waals surface area contributed by atoms with Crippen LogP contribution in [-0.4, -0.2) is 44.0 Å². The van der Waals surface area contributed by atoms with Crippen LogP contribution in [0.15, 0.2) is 30.3 Å². The second-order valence-electron chi connectivity index (χ2n) is 4.92. The third-order valence-electron chi connectivity index (χ3n) is 3.17. The van der Waals surface area contributed by atoms with E-state index in [2.05, 4.69) is 16.0 Å². The predicted octanol–water partition coefficient (Wildman–Crippen LogP) is -1.97. The van der Waals surface area contributed by atoms with Crippen LogP contribution in [0.2, 0.25) is 0 Å². The zero-order valence-electron chi connectivity index (χ0n) is 11.6. The van der Waals surface area contributed by atoms with Crippen LogP contribution in [0.1, 0.15) is 5.56 Å². The molecule has 1 saturated heterocycles. The van der Waals surface area contributed by atoms with Crippen LogP contribution >= 0.6 is 0 Å². The molecule has 1 fully saturated rings. The summed E-state index contributed by atoms with van der Waals surface area (Å²) < 4.78 is 0. The largest absolute Gasteiger partial charge is 0.346 e. The standard InChI is InChI=1S/C14H18N4O3/c19-12-9-18(7-6-15-12)10-13(20)17-14(21)16-8-11-4-2-1-3-5-11/h1-5H,6-10H2,(H,15,19)(H2,16,17,20,21)/p+1. The molecule has 7 heteroatoms. The summed E-state index contributed by atoms with van der Waals surface area (Å²) in [6, 6.07) is 8.90. The van der Waals surface area contributed by atoms with E-state index in [1.807, 2.05) is 30.3 Å². The number of quaternary nitrogens is 1. The molecule has 0 bridgehead atoms. The molecule has 1 aliphatic rings. The highest BCUT2D eigenvalue weighted by atomic mass is 16.2. The summed E-state index contributed by atoms with van der Waals surface area (Å²) >= 11 is 0. The maximum Gasteiger partial charge on any atom is 0.321 e. The van der Waals surface area contributed by atoms with Gasteiger partial charge < -0.3 is 15.5 Å². The third kappa shape index (κ3) is 5.23. The first-order valence-corrected chi connectivity index (χ1v) is 6.85. The SMILES string of the molecule is O=C1C[NH+](CC(=O)NC(=O)NCc2ccccc2)CCN1. The van der Waals surface area contributed by atoms with Crippen molar-refractivity contribution < 1.29 is 19.3 Å². The number of nitrogens with one attached hydrogen (secondary N) is 4. The lowest BCUT2D eigenvalue weighted by atomic mass is 10.2. The summed E-state index contributed by atoms with van der Waals surface area (Å²) in [5.41, 5.74) is 0.957. The van der Waals surface area contributed by atoms with E-state index in [4.69, 9.17) is 0 Å². The topological polar surface area (TPSA) is 91.7 Å². The van der Waals surface area contributed by atoms with Crippen molar-refractivity contribution in [1.29, 1.82) is 0 Å². The minimum Gasteiger partial charge on any atom is -0.346 e. The lowest BCUT2D eigenvalue weighted by molar-refractivity contribution is -0.885. The van der Waals surface area contributed by atoms with Gasteiger partial charge in [-0.25, -0.2) is 4.79 Å². The average Bonchev–Trinajstić information content (AvgIpc) is 2.46. The number of carbonyl (C=O) groups is 3. The monoisotopic (exact) mass is 291 g/mol. The van der Waals surface area contributed by atoms with Gasteiger partial charge in [-0.05, 0) is 5.56 Å². The van der Waals surface area contributed by atoms with E-state index in [1.54, 1.807) is 0 Å². The number of imide groups is 1. The number of hydrogen-bond donors (Lipinski definition) is 4. The molecule has 112 valence electrons. The Morgan fingerprint density at radius 2 is 2.00 bits per heavy atom. The number of urea groups is 1. The molecule has 4 N–H and O–H groups in total. The Balaban J connectivity index is 1.69. The van der Waals surface area contributed by atoms with Crippen molar-refractivity contribution in [2.24, 2.45) is 0 Å². The minimum atomic E-state index is -0.523. The summed E-state index contributed by atoms with van der Waals surface area (Å²) in [6.07, 6.45) is 0. The molecule has 1 aromatic rings. The highest BCUT2D eigenvalue weighted by Crippen LogP contribution is 1.96. The van der Waals surface area contributed by atoms with Crippen LogP contribution in [-0.2, 0) is 16.1 Å². The Hall–Kier alpha value is -2.41. The van der Waals surface area contributed by atoms with Gasteiger partial charge in [-0.2, -0.15) is 0 Å². The normalized spacial score (nSPS) is 17.7. The molecule has 0 saturated carbocycles. The smallest absolute Gasteiger partial charge is 0.321 e. The molecule has 1 aliphatic heterocycles. The van der Waals surface area contributed by atoms with Gasteiger partial charge in [-0.1, -0.05) is 30.3 Å². The van der Waals surface area contributed by atoms with Gasteiger partial charge in [0, 0.05) is 6.54 Å². The van der Waals surface area contributed by atoms with Gasteiger partial charge in [0.05, 0.1) is 13.1 Å². The minimum absolute atomic E-state index is 0.0717. The summed E-state index contributed by atoms with van der Waals surface area (Å²) in [6.45, 7) is 1.98. The Labute approximate surface area is 122 Å². The highest BCUT2D eigenvalue weighted by molar-refractivity contribution is 5.94. The van der Waals surface area contributed by atoms with Gasteiger partial charge in [0.15, 0.2) is 13.1 Å². The van der Waals surface area contributed by atoms with E-state index in [1.165, 1.54) is 0 Å². The molecule has 0 aliphatic carbocycles. The number of carbonyl (C=O) groups excluding carboxylic acids is 3. The third-order valence-corrected chi connectivity index (χ3v) is 3.17. The lowest BCUT2D eigenvalue weighted by Gasteiger charge is -2.22. The fraction of sp³-hybridized carbons (Fsp3) is 0.357. The maximum absolute atomic E-state index is 11.7. The molecule has 1 atom stereocenters. The maximum atomic E-state index is 11.7. The van der Waals surface area contributed by atoms with E-state index < -0.39 is 6.03 Å². The summed E-state index contributed by atoms with van der Waals surface area (Å²) in [5.74, 6) is -0.456. The molecule has 0 spiro atoms. The van der Waals surface area contributed by atoms with Gasteiger partial charge >= 0.3 is 6.03 Å². The number of benzene rings is 1. The van der Waals surface area contributed by atoms with Crippen molar-refractivity contribution in [2.45, 2.75) is 6.54 Å². The quantitative estimate of drug-likeness (QED) is 0.518. The van der Waals surface area contributed by atoms with Crippen LogP contribution < -0.4 is 20.9 Å². The Bertz CT molecular complexity index is 518. The van der Waals surface area contributed by atoms with Crippen molar-refractivity contribution in [1.82, 2.24) is 16.0 Å². The first kappa shape index (κ1) is 15.0. The first-order valence-electron chi connectivity index (χ1n) is 6.85. The number of amides is 4. The zero-order chi connectivity index (χ0) is 15.1. The second kappa shape index (κ2) is 7.39. The van der Waals surface area contributed by atoms with Crippen LogP contribution in [0, 0.1) is 0 Å². The molecule has 2 rings (SSSR count). The van der Waals surface area contributed by atoms with E-state index in [0.29, 0.717) is 19.6 Å². The first-order chi connectivity index (χ1) is 10.1. The molecule has 4 amide bonds. The van der Waals surface area contributed by atoms with Crippen molar-refractivity contribution in [3.8, 4) is 0 Å². The van der Waals surface area contributed by atoms with Crippen molar-refractivity contribution in [2.75, 3.05) is 26.2 Å². The molecule has 0 aromatic heterocycles. The fourth-order valence-corrected chi connectivity index (χ4v) is 2.13. The number of piperazine rings is 1. The fourth-order valence-electron chi connectivity index (χ4n) is 2.13. The molecular weight excluding hydrogens is 272 g/mol. The van der Waals surface area contributed by atoms with Crippen LogP contribution in [0.3, 0.4) is 0 Å². The second-order valence-corrected chi connectivity index (χ2v) is 4.92. The molecule has 1 aromatic carbocycles. The van der Waals surface area contributed by atoms with Gasteiger partial charge in [0.1, 0.15) is 0 Å². The lowest BCUT2D eigenvalue weighted by Crippen LogP contribution is -3.16. The molecular formula is C14H19N4O3+. The number of rotatable bonds is 4. The molecule has 7 nitrogen and oxygen atoms in total. The van der Waals surface area contributed by atoms with Crippen molar-refractivity contribution >= 4 is 17.8 Å². The highest BCUT2D eigenvalue weighted by Gasteiger charge is 2.22. The Kier molecular flexibility index (Phi) is 5.28. The Morgan fingerprint density at radius 3 is 2.71 bits per heavy atom. The molecule has 1 heterocycles. The van der Waals surface area contributed by atoms with E-state index >= 15 is 0 Å². The van der Waals surface area contributed by atoms with Crippen molar-refractivity contribution in [3.05, 3.63) is 35.9 Å². The van der Waals surface area contributed by atoms with Gasteiger partial charge in [-0.3, -0.25) is 14.9 Å². The summed E-state index contributed by atoms with van der Waals surface area (Å²) in [5, 5.41) is 7.58. The van der Waals surface area contributed by atoms with Crippen LogP contribution in [0.5, 0.6) is 0 Å². The van der Waals surface area contributed by atoms with Gasteiger partial charge in [0.25, 0.3) is 11.8 Å². The molecule has 21 heavy (non-hydrogen) atoms. The molecule has 1 unspecified atom stereocenters. The zero-order valence-corrected chi connectivity index (χ0v) is 11.6. The van der Waals surface area contributed by atoms with Gasteiger partial charge in [0.2, 0.25) is 0 Å². The molecule has 0 radical (unpaired) electrons. The van der Waals surface area contributed by atoms with Crippen LogP contribution in [0.25, 0.3) is 0 Å². The number of hydrogen-bond acceptors (Lipinski definition) is 3.